The van der Waals surface area contributed by atoms with Gasteiger partial charge in [0.1, 0.15) is 12.0 Å². The summed E-state index contributed by atoms with van der Waals surface area (Å²) in [5, 5.41) is 7.56. The zero-order valence-corrected chi connectivity index (χ0v) is 16.2. The van der Waals surface area contributed by atoms with Crippen LogP contribution in [0, 0.1) is 6.92 Å². The fourth-order valence-corrected chi connectivity index (χ4v) is 3.00. The van der Waals surface area contributed by atoms with Crippen molar-refractivity contribution >= 4 is 55.5 Å². The highest BCUT2D eigenvalue weighted by molar-refractivity contribution is 9.10. The number of rotatable bonds is 4. The first-order valence-electron chi connectivity index (χ1n) is 8.36. The van der Waals surface area contributed by atoms with E-state index in [0.29, 0.717) is 17.3 Å². The van der Waals surface area contributed by atoms with Gasteiger partial charge in [0, 0.05) is 21.2 Å². The van der Waals surface area contributed by atoms with Crippen LogP contribution in [0.5, 0.6) is 0 Å². The molecule has 0 aliphatic carbocycles. The standard InChI is InChI=1S/C20H17BrN6/c1-12-5-6-13-3-2-4-16(18(13)25-12)27-20-17(22)19(23-11-24-20)26-15-9-7-14(21)8-10-15/h2-11H,22H2,1H3,(H2,23,24,26,27). The van der Waals surface area contributed by atoms with Crippen LogP contribution >= 0.6 is 15.9 Å². The number of nitrogens with one attached hydrogen (secondary N) is 2. The molecule has 6 nitrogen and oxygen atoms in total. The van der Waals surface area contributed by atoms with E-state index in [1.54, 1.807) is 0 Å². The Morgan fingerprint density at radius 1 is 0.889 bits per heavy atom. The molecule has 2 heterocycles. The second-order valence-electron chi connectivity index (χ2n) is 6.07. The average Bonchev–Trinajstić information content (AvgIpc) is 2.67. The van der Waals surface area contributed by atoms with Crippen LogP contribution in [0.1, 0.15) is 5.69 Å². The lowest BCUT2D eigenvalue weighted by Crippen LogP contribution is -2.05. The lowest BCUT2D eigenvalue weighted by atomic mass is 10.1. The molecule has 27 heavy (non-hydrogen) atoms. The Hall–Kier alpha value is -3.19. The van der Waals surface area contributed by atoms with E-state index in [-0.39, 0.29) is 0 Å². The number of fused-ring (bicyclic) bond motifs is 1. The van der Waals surface area contributed by atoms with Crippen molar-refractivity contribution in [2.75, 3.05) is 16.4 Å². The number of aryl methyl sites for hydroxylation is 1. The summed E-state index contributed by atoms with van der Waals surface area (Å²) in [7, 11) is 0. The first-order chi connectivity index (χ1) is 13.1. The largest absolute Gasteiger partial charge is 0.393 e. The molecule has 7 heteroatoms. The minimum Gasteiger partial charge on any atom is -0.393 e. The first kappa shape index (κ1) is 17.2. The van der Waals surface area contributed by atoms with E-state index in [1.165, 1.54) is 6.33 Å². The predicted octanol–water partition coefficient (Wildman–Crippen LogP) is 5.17. The van der Waals surface area contributed by atoms with Crippen molar-refractivity contribution in [3.63, 3.8) is 0 Å². The van der Waals surface area contributed by atoms with E-state index in [1.807, 2.05) is 61.5 Å². The quantitative estimate of drug-likeness (QED) is 0.422. The normalized spacial score (nSPS) is 10.7. The molecular formula is C20H17BrN6. The van der Waals surface area contributed by atoms with Crippen LogP contribution in [-0.4, -0.2) is 15.0 Å². The molecule has 4 rings (SSSR count). The van der Waals surface area contributed by atoms with Crippen molar-refractivity contribution in [2.24, 2.45) is 0 Å². The number of hydrogen-bond acceptors (Lipinski definition) is 6. The van der Waals surface area contributed by atoms with Crippen LogP contribution in [0.2, 0.25) is 0 Å². The summed E-state index contributed by atoms with van der Waals surface area (Å²) in [6.07, 6.45) is 1.48. The highest BCUT2D eigenvalue weighted by atomic mass is 79.9. The summed E-state index contributed by atoms with van der Waals surface area (Å²) in [6, 6.07) is 17.8. The molecule has 0 unspecified atom stereocenters. The number of nitrogen functional groups attached to an aromatic ring is 1. The fourth-order valence-electron chi connectivity index (χ4n) is 2.74. The lowest BCUT2D eigenvalue weighted by Gasteiger charge is -2.14. The monoisotopic (exact) mass is 420 g/mol. The van der Waals surface area contributed by atoms with E-state index in [9.17, 15) is 0 Å². The second kappa shape index (κ2) is 7.20. The molecule has 0 radical (unpaired) electrons. The highest BCUT2D eigenvalue weighted by Gasteiger charge is 2.11. The third kappa shape index (κ3) is 3.68. The number of pyridine rings is 1. The first-order valence-corrected chi connectivity index (χ1v) is 9.16. The maximum Gasteiger partial charge on any atom is 0.159 e. The Balaban J connectivity index is 1.67. The SMILES string of the molecule is Cc1ccc2cccc(Nc3ncnc(Nc4ccc(Br)cc4)c3N)c2n1. The molecule has 0 aliphatic heterocycles. The fraction of sp³-hybridized carbons (Fsp3) is 0.0500. The second-order valence-corrected chi connectivity index (χ2v) is 6.99. The van der Waals surface area contributed by atoms with Gasteiger partial charge in [-0.25, -0.2) is 9.97 Å². The molecule has 2 aromatic carbocycles. The van der Waals surface area contributed by atoms with E-state index in [0.717, 1.165) is 32.4 Å². The van der Waals surface area contributed by atoms with Crippen LogP contribution in [0.15, 0.2) is 65.4 Å². The summed E-state index contributed by atoms with van der Waals surface area (Å²) >= 11 is 3.42. The predicted molar refractivity (Wildman–Crippen MR) is 114 cm³/mol. The van der Waals surface area contributed by atoms with Crippen molar-refractivity contribution in [3.05, 3.63) is 71.1 Å². The third-order valence-corrected chi connectivity index (χ3v) is 4.63. The summed E-state index contributed by atoms with van der Waals surface area (Å²) in [4.78, 5) is 13.2. The summed E-state index contributed by atoms with van der Waals surface area (Å²) in [5.74, 6) is 1.07. The van der Waals surface area contributed by atoms with Crippen molar-refractivity contribution in [1.82, 2.24) is 15.0 Å². The van der Waals surface area contributed by atoms with E-state index in [2.05, 4.69) is 41.5 Å². The Bertz CT molecular complexity index is 1110. The minimum absolute atomic E-state index is 0.435. The van der Waals surface area contributed by atoms with Gasteiger partial charge in [-0.2, -0.15) is 0 Å². The van der Waals surface area contributed by atoms with Crippen molar-refractivity contribution in [3.8, 4) is 0 Å². The van der Waals surface area contributed by atoms with E-state index >= 15 is 0 Å². The van der Waals surface area contributed by atoms with Gasteiger partial charge in [-0.05, 0) is 43.3 Å². The zero-order chi connectivity index (χ0) is 18.8. The van der Waals surface area contributed by atoms with Gasteiger partial charge in [0.25, 0.3) is 0 Å². The van der Waals surface area contributed by atoms with E-state index in [4.69, 9.17) is 5.73 Å². The third-order valence-electron chi connectivity index (χ3n) is 4.10. The molecule has 0 amide bonds. The summed E-state index contributed by atoms with van der Waals surface area (Å²) in [5.41, 5.74) is 10.3. The maximum atomic E-state index is 6.30. The Morgan fingerprint density at radius 2 is 1.63 bits per heavy atom. The highest BCUT2D eigenvalue weighted by Crippen LogP contribution is 2.31. The van der Waals surface area contributed by atoms with Crippen LogP contribution in [-0.2, 0) is 0 Å². The molecule has 2 aromatic heterocycles. The molecule has 4 aromatic rings. The summed E-state index contributed by atoms with van der Waals surface area (Å²) < 4.78 is 1.00. The molecule has 134 valence electrons. The van der Waals surface area contributed by atoms with Crippen LogP contribution in [0.4, 0.5) is 28.7 Å². The number of anilines is 5. The molecular weight excluding hydrogens is 404 g/mol. The number of nitrogens with two attached hydrogens (primary N) is 1. The lowest BCUT2D eigenvalue weighted by molar-refractivity contribution is 1.17. The van der Waals surface area contributed by atoms with Crippen molar-refractivity contribution < 1.29 is 0 Å². The molecule has 4 N–H and O–H groups in total. The number of halogens is 1. The summed E-state index contributed by atoms with van der Waals surface area (Å²) in [6.45, 7) is 1.97. The molecule has 0 saturated heterocycles. The van der Waals surface area contributed by atoms with E-state index < -0.39 is 0 Å². The number of hydrogen-bond donors (Lipinski definition) is 3. The smallest absolute Gasteiger partial charge is 0.159 e. The minimum atomic E-state index is 0.435. The van der Waals surface area contributed by atoms with Gasteiger partial charge in [-0.3, -0.25) is 4.98 Å². The van der Waals surface area contributed by atoms with Gasteiger partial charge in [-0.15, -0.1) is 0 Å². The molecule has 0 bridgehead atoms. The molecule has 0 aliphatic rings. The van der Waals surface area contributed by atoms with Crippen LogP contribution in [0.25, 0.3) is 10.9 Å². The van der Waals surface area contributed by atoms with Gasteiger partial charge in [-0.1, -0.05) is 34.1 Å². The molecule has 0 fully saturated rings. The topological polar surface area (TPSA) is 88.8 Å². The molecule has 0 saturated carbocycles. The van der Waals surface area contributed by atoms with Gasteiger partial charge in [0.05, 0.1) is 11.2 Å². The number of benzene rings is 2. The maximum absolute atomic E-state index is 6.30. The van der Waals surface area contributed by atoms with Crippen molar-refractivity contribution in [1.29, 1.82) is 0 Å². The molecule has 0 spiro atoms. The zero-order valence-electron chi connectivity index (χ0n) is 14.6. The van der Waals surface area contributed by atoms with Gasteiger partial charge < -0.3 is 16.4 Å². The Labute approximate surface area is 165 Å². The molecule has 0 atom stereocenters. The Morgan fingerprint density at radius 3 is 2.41 bits per heavy atom. The number of para-hydroxylation sites is 1. The van der Waals surface area contributed by atoms with Crippen LogP contribution < -0.4 is 16.4 Å². The van der Waals surface area contributed by atoms with Gasteiger partial charge >= 0.3 is 0 Å². The van der Waals surface area contributed by atoms with Gasteiger partial charge in [0.2, 0.25) is 0 Å². The Kier molecular flexibility index (Phi) is 4.60. The van der Waals surface area contributed by atoms with Crippen molar-refractivity contribution in [2.45, 2.75) is 6.92 Å². The number of aromatic nitrogens is 3. The number of nitrogens with zero attached hydrogens (tertiary/aromatic N) is 3. The van der Waals surface area contributed by atoms with Gasteiger partial charge in [0.15, 0.2) is 11.6 Å². The average molecular weight is 421 g/mol. The van der Waals surface area contributed by atoms with Crippen LogP contribution in [0.3, 0.4) is 0 Å².